The van der Waals surface area contributed by atoms with Gasteiger partial charge in [0.05, 0.1) is 6.61 Å². The molecule has 1 fully saturated rings. The Hall–Kier alpha value is -3.74. The van der Waals surface area contributed by atoms with Gasteiger partial charge >= 0.3 is 5.97 Å². The quantitative estimate of drug-likeness (QED) is 0.278. The molecule has 3 aromatic rings. The predicted molar refractivity (Wildman–Crippen MR) is 162 cm³/mol. The van der Waals surface area contributed by atoms with Crippen molar-refractivity contribution < 1.29 is 19.4 Å². The maximum absolute atomic E-state index is 12.9. The van der Waals surface area contributed by atoms with Crippen LogP contribution in [0.4, 0.5) is 0 Å². The molecule has 41 heavy (non-hydrogen) atoms. The van der Waals surface area contributed by atoms with Crippen molar-refractivity contribution in [1.29, 1.82) is 0 Å². The number of ether oxygens (including phenoxy) is 1. The molecular formula is C35H40N2O4. The van der Waals surface area contributed by atoms with Gasteiger partial charge in [0.25, 0.3) is 5.91 Å². The lowest BCUT2D eigenvalue weighted by molar-refractivity contribution is -0.149. The zero-order valence-electron chi connectivity index (χ0n) is 23.7. The maximum atomic E-state index is 12.9. The summed E-state index contributed by atoms with van der Waals surface area (Å²) in [5.74, 6) is -0.0892. The van der Waals surface area contributed by atoms with Gasteiger partial charge in [-0.1, -0.05) is 97.4 Å². The van der Waals surface area contributed by atoms with E-state index in [0.717, 1.165) is 18.4 Å². The van der Waals surface area contributed by atoms with Crippen molar-refractivity contribution in [2.45, 2.75) is 63.8 Å². The highest BCUT2D eigenvalue weighted by Gasteiger charge is 2.30. The summed E-state index contributed by atoms with van der Waals surface area (Å²) in [5.41, 5.74) is 2.70. The number of aliphatic hydroxyl groups excluding tert-OH is 1. The summed E-state index contributed by atoms with van der Waals surface area (Å²) >= 11 is 0. The number of carbonyl (C=O) groups is 2. The summed E-state index contributed by atoms with van der Waals surface area (Å²) in [7, 11) is 0. The van der Waals surface area contributed by atoms with Gasteiger partial charge in [-0.15, -0.1) is 0 Å². The molecule has 0 aromatic heterocycles. The third kappa shape index (κ3) is 7.32. The number of allylic oxidation sites excluding steroid dienone is 2. The Morgan fingerprint density at radius 2 is 1.78 bits per heavy atom. The van der Waals surface area contributed by atoms with Gasteiger partial charge in [0, 0.05) is 17.7 Å². The van der Waals surface area contributed by atoms with E-state index >= 15 is 0 Å². The van der Waals surface area contributed by atoms with Crippen molar-refractivity contribution in [3.63, 3.8) is 0 Å². The number of fused-ring (bicyclic) bond motifs is 1. The number of hydrogen-bond donors (Lipinski definition) is 3. The number of carbonyl (C=O) groups excluding carboxylic acids is 2. The van der Waals surface area contributed by atoms with Crippen LogP contribution >= 0.6 is 0 Å². The van der Waals surface area contributed by atoms with Crippen LogP contribution in [0, 0.1) is 11.8 Å². The second-order valence-electron chi connectivity index (χ2n) is 11.3. The highest BCUT2D eigenvalue weighted by molar-refractivity contribution is 5.98. The largest absolute Gasteiger partial charge is 0.459 e. The Morgan fingerprint density at radius 1 is 1.00 bits per heavy atom. The Bertz CT molecular complexity index is 1390. The molecular weight excluding hydrogens is 512 g/mol. The molecule has 1 unspecified atom stereocenters. The van der Waals surface area contributed by atoms with Crippen LogP contribution in [0.5, 0.6) is 0 Å². The summed E-state index contributed by atoms with van der Waals surface area (Å²) in [4.78, 5) is 25.3. The lowest BCUT2D eigenvalue weighted by Crippen LogP contribution is -2.44. The molecule has 0 aliphatic heterocycles. The highest BCUT2D eigenvalue weighted by Crippen LogP contribution is 2.36. The van der Waals surface area contributed by atoms with Crippen molar-refractivity contribution in [3.05, 3.63) is 108 Å². The number of amides is 1. The topological polar surface area (TPSA) is 87.7 Å². The normalized spacial score (nSPS) is 22.0. The van der Waals surface area contributed by atoms with Crippen molar-refractivity contribution in [2.24, 2.45) is 11.8 Å². The van der Waals surface area contributed by atoms with Crippen molar-refractivity contribution >= 4 is 22.6 Å². The minimum atomic E-state index is -1.10. The second-order valence-corrected chi connectivity index (χ2v) is 11.3. The summed E-state index contributed by atoms with van der Waals surface area (Å²) in [6.07, 6.45) is 11.4. The van der Waals surface area contributed by atoms with Crippen LogP contribution in [0.2, 0.25) is 0 Å². The molecule has 1 amide bonds. The first kappa shape index (κ1) is 28.8. The van der Waals surface area contributed by atoms with E-state index in [2.05, 4.69) is 66.1 Å². The summed E-state index contributed by atoms with van der Waals surface area (Å²) in [6.45, 7) is 1.83. The smallest absolute Gasteiger partial charge is 0.331 e. The van der Waals surface area contributed by atoms with Crippen LogP contribution in [0.3, 0.4) is 0 Å². The molecule has 0 spiro atoms. The number of aliphatic hydroxyl groups is 1. The van der Waals surface area contributed by atoms with Crippen LogP contribution in [0.1, 0.15) is 56.2 Å². The van der Waals surface area contributed by atoms with Crippen molar-refractivity contribution in [3.8, 4) is 0 Å². The first-order valence-corrected chi connectivity index (χ1v) is 14.8. The molecule has 6 heteroatoms. The molecule has 0 bridgehead atoms. The number of esters is 1. The molecule has 1 saturated carbocycles. The molecule has 0 heterocycles. The van der Waals surface area contributed by atoms with Crippen molar-refractivity contribution in [2.75, 3.05) is 6.61 Å². The molecule has 3 N–H and O–H groups in total. The average molecular weight is 553 g/mol. The van der Waals surface area contributed by atoms with Gasteiger partial charge in [-0.3, -0.25) is 4.79 Å². The monoisotopic (exact) mass is 552 g/mol. The van der Waals surface area contributed by atoms with Gasteiger partial charge in [-0.25, -0.2) is 4.79 Å². The molecule has 3 aromatic carbocycles. The Balaban J connectivity index is 1.12. The summed E-state index contributed by atoms with van der Waals surface area (Å²) in [5, 5.41) is 18.8. The first-order valence-electron chi connectivity index (χ1n) is 14.8. The fraction of sp³-hybridized carbons (Fsp3) is 0.371. The van der Waals surface area contributed by atoms with E-state index in [1.807, 2.05) is 42.5 Å². The molecule has 5 rings (SSSR count). The minimum Gasteiger partial charge on any atom is -0.459 e. The van der Waals surface area contributed by atoms with Gasteiger partial charge in [0.1, 0.15) is 6.61 Å². The van der Waals surface area contributed by atoms with Gasteiger partial charge in [-0.2, -0.15) is 0 Å². The Morgan fingerprint density at radius 3 is 2.56 bits per heavy atom. The predicted octanol–water partition coefficient (Wildman–Crippen LogP) is 5.77. The Labute approximate surface area is 242 Å². The van der Waals surface area contributed by atoms with Crippen LogP contribution in [0.25, 0.3) is 10.8 Å². The van der Waals surface area contributed by atoms with E-state index in [1.54, 1.807) is 0 Å². The standard InChI is InChI=1S/C35H40N2O4/c1-24(31-16-8-12-27-11-5-6-15-32(27)31)36-30-14-7-13-29(21-30)26-17-19-28(20-18-26)34(39)37-33(22-38)35(40)41-23-25-9-3-2-4-10-25/h2-6,8-12,15-17,19-20,24,26,29-30,33,36,38H,7,13-14,18,21-23H2,1H3,(H,37,39)/t24-,26?,29+,30+,33+/m1/s1. The minimum absolute atomic E-state index is 0.0915. The van der Waals surface area contributed by atoms with Crippen LogP contribution < -0.4 is 10.6 Å². The molecule has 214 valence electrons. The van der Waals surface area contributed by atoms with Crippen LogP contribution in [0.15, 0.2) is 96.6 Å². The van der Waals surface area contributed by atoms with E-state index in [0.29, 0.717) is 23.5 Å². The third-order valence-corrected chi connectivity index (χ3v) is 8.49. The number of hydrogen-bond acceptors (Lipinski definition) is 5. The van der Waals surface area contributed by atoms with Crippen molar-refractivity contribution in [1.82, 2.24) is 10.6 Å². The second kappa shape index (κ2) is 13.7. The van der Waals surface area contributed by atoms with E-state index in [4.69, 9.17) is 4.74 Å². The molecule has 2 aliphatic rings. The van der Waals surface area contributed by atoms with E-state index in [1.165, 1.54) is 35.6 Å². The third-order valence-electron chi connectivity index (χ3n) is 8.49. The zero-order valence-corrected chi connectivity index (χ0v) is 23.7. The number of nitrogens with one attached hydrogen (secondary N) is 2. The SMILES string of the molecule is C[C@@H](N[C@H]1CCC[C@H](C2C=CC(C(=O)N[C@@H](CO)C(=O)OCc3ccccc3)=CC2)C1)c1cccc2ccccc12. The molecule has 0 saturated heterocycles. The van der Waals surface area contributed by atoms with Gasteiger partial charge in [0.15, 0.2) is 6.04 Å². The van der Waals surface area contributed by atoms with Gasteiger partial charge in [-0.05, 0) is 66.3 Å². The van der Waals surface area contributed by atoms with Crippen LogP contribution in [-0.4, -0.2) is 35.7 Å². The maximum Gasteiger partial charge on any atom is 0.331 e. The van der Waals surface area contributed by atoms with Gasteiger partial charge < -0.3 is 20.5 Å². The van der Waals surface area contributed by atoms with E-state index in [9.17, 15) is 14.7 Å². The Kier molecular flexibility index (Phi) is 9.65. The fourth-order valence-corrected chi connectivity index (χ4v) is 6.24. The van der Waals surface area contributed by atoms with Crippen LogP contribution in [-0.2, 0) is 20.9 Å². The highest BCUT2D eigenvalue weighted by atomic mass is 16.5. The van der Waals surface area contributed by atoms with E-state index in [-0.39, 0.29) is 18.6 Å². The molecule has 6 nitrogen and oxygen atoms in total. The lowest BCUT2D eigenvalue weighted by atomic mass is 9.74. The molecule has 5 atom stereocenters. The summed E-state index contributed by atoms with van der Waals surface area (Å²) in [6, 6.07) is 24.0. The van der Waals surface area contributed by atoms with Gasteiger partial charge in [0.2, 0.25) is 0 Å². The average Bonchev–Trinajstić information content (AvgIpc) is 3.02. The number of rotatable bonds is 10. The molecule has 0 radical (unpaired) electrons. The lowest BCUT2D eigenvalue weighted by Gasteiger charge is -2.36. The zero-order chi connectivity index (χ0) is 28.6. The fourth-order valence-electron chi connectivity index (χ4n) is 6.24. The van der Waals surface area contributed by atoms with E-state index < -0.39 is 18.6 Å². The molecule has 2 aliphatic carbocycles. The number of benzene rings is 3. The first-order chi connectivity index (χ1) is 20.0. The summed E-state index contributed by atoms with van der Waals surface area (Å²) < 4.78 is 5.30.